The van der Waals surface area contributed by atoms with Gasteiger partial charge in [-0.25, -0.2) is 0 Å². The molecule has 154 valence electrons. The number of aromatic nitrogens is 1. The summed E-state index contributed by atoms with van der Waals surface area (Å²) in [5, 5.41) is 0. The van der Waals surface area contributed by atoms with E-state index in [-0.39, 0.29) is 11.8 Å². The normalized spacial score (nSPS) is 14.7. The van der Waals surface area contributed by atoms with Crippen molar-refractivity contribution in [2.75, 3.05) is 27.2 Å². The first-order valence-electron chi connectivity index (χ1n) is 10.4. The Balaban J connectivity index is 1.46. The highest BCUT2D eigenvalue weighted by Gasteiger charge is 2.24. The molecule has 0 radical (unpaired) electrons. The molecule has 0 saturated carbocycles. The molecule has 0 aliphatic carbocycles. The van der Waals surface area contributed by atoms with Gasteiger partial charge in [0.05, 0.1) is 5.56 Å². The van der Waals surface area contributed by atoms with Gasteiger partial charge in [-0.3, -0.25) is 14.6 Å². The van der Waals surface area contributed by atoms with E-state index < -0.39 is 0 Å². The number of rotatable bonds is 6. The molecule has 1 aromatic heterocycles. The van der Waals surface area contributed by atoms with Gasteiger partial charge in [0, 0.05) is 45.5 Å². The molecule has 0 bridgehead atoms. The van der Waals surface area contributed by atoms with Crippen LogP contribution in [-0.2, 0) is 17.6 Å². The van der Waals surface area contributed by atoms with Crippen LogP contribution in [-0.4, -0.2) is 53.8 Å². The highest BCUT2D eigenvalue weighted by Crippen LogP contribution is 2.23. The van der Waals surface area contributed by atoms with Gasteiger partial charge < -0.3 is 9.80 Å². The molecule has 2 aromatic rings. The number of aryl methyl sites for hydroxylation is 2. The number of piperidine rings is 1. The third kappa shape index (κ3) is 5.89. The Morgan fingerprint density at radius 2 is 1.69 bits per heavy atom. The first-order valence-corrected chi connectivity index (χ1v) is 10.4. The SMILES string of the molecule is Cc1ccc(C(=O)N2CCC(Cc3ccc(CCC(=O)N(C)C)cc3)CC2)cn1. The van der Waals surface area contributed by atoms with Gasteiger partial charge in [-0.2, -0.15) is 0 Å². The lowest BCUT2D eigenvalue weighted by atomic mass is 9.89. The molecule has 0 N–H and O–H groups in total. The second-order valence-electron chi connectivity index (χ2n) is 8.23. The van der Waals surface area contributed by atoms with Gasteiger partial charge in [0.1, 0.15) is 0 Å². The topological polar surface area (TPSA) is 53.5 Å². The van der Waals surface area contributed by atoms with E-state index in [0.717, 1.165) is 44.5 Å². The summed E-state index contributed by atoms with van der Waals surface area (Å²) >= 11 is 0. The van der Waals surface area contributed by atoms with Crippen LogP contribution in [0.1, 0.15) is 46.4 Å². The number of nitrogens with zero attached hydrogens (tertiary/aromatic N) is 3. The van der Waals surface area contributed by atoms with Crippen molar-refractivity contribution in [3.05, 3.63) is 65.0 Å². The van der Waals surface area contributed by atoms with Crippen molar-refractivity contribution in [3.63, 3.8) is 0 Å². The number of benzene rings is 1. The molecule has 0 spiro atoms. The van der Waals surface area contributed by atoms with Gasteiger partial charge in [-0.1, -0.05) is 24.3 Å². The average Bonchev–Trinajstić information content (AvgIpc) is 2.73. The van der Waals surface area contributed by atoms with E-state index in [1.807, 2.05) is 24.0 Å². The molecular weight excluding hydrogens is 362 g/mol. The minimum Gasteiger partial charge on any atom is -0.349 e. The molecule has 2 heterocycles. The van der Waals surface area contributed by atoms with Gasteiger partial charge in [-0.05, 0) is 61.8 Å². The predicted octanol–water partition coefficient (Wildman–Crippen LogP) is 3.51. The summed E-state index contributed by atoms with van der Waals surface area (Å²) in [5.41, 5.74) is 4.14. The van der Waals surface area contributed by atoms with E-state index >= 15 is 0 Å². The zero-order chi connectivity index (χ0) is 20.8. The third-order valence-electron chi connectivity index (χ3n) is 5.73. The Morgan fingerprint density at radius 1 is 1.03 bits per heavy atom. The summed E-state index contributed by atoms with van der Waals surface area (Å²) in [6.45, 7) is 3.54. The molecule has 5 heteroatoms. The molecular formula is C24H31N3O2. The fourth-order valence-corrected chi connectivity index (χ4v) is 3.77. The Kier molecular flexibility index (Phi) is 7.02. The van der Waals surface area contributed by atoms with Crippen molar-refractivity contribution in [3.8, 4) is 0 Å². The maximum absolute atomic E-state index is 12.6. The lowest BCUT2D eigenvalue weighted by Crippen LogP contribution is -2.39. The lowest BCUT2D eigenvalue weighted by Gasteiger charge is -2.32. The first-order chi connectivity index (χ1) is 13.9. The summed E-state index contributed by atoms with van der Waals surface area (Å²) in [6.07, 6.45) is 6.12. The quantitative estimate of drug-likeness (QED) is 0.755. The summed E-state index contributed by atoms with van der Waals surface area (Å²) in [7, 11) is 3.59. The van der Waals surface area contributed by atoms with E-state index in [9.17, 15) is 9.59 Å². The van der Waals surface area contributed by atoms with Crippen LogP contribution in [0.4, 0.5) is 0 Å². The summed E-state index contributed by atoms with van der Waals surface area (Å²) in [5.74, 6) is 0.862. The third-order valence-corrected chi connectivity index (χ3v) is 5.73. The zero-order valence-electron chi connectivity index (χ0n) is 17.7. The first kappa shape index (κ1) is 21.0. The number of amides is 2. The van der Waals surface area contributed by atoms with Gasteiger partial charge in [0.25, 0.3) is 5.91 Å². The van der Waals surface area contributed by atoms with Crippen LogP contribution in [0, 0.1) is 12.8 Å². The number of likely N-dealkylation sites (tertiary alicyclic amines) is 1. The Labute approximate surface area is 173 Å². The molecule has 1 saturated heterocycles. The molecule has 0 unspecified atom stereocenters. The molecule has 1 aliphatic rings. The van der Waals surface area contributed by atoms with Gasteiger partial charge >= 0.3 is 0 Å². The van der Waals surface area contributed by atoms with Gasteiger partial charge in [0.15, 0.2) is 0 Å². The van der Waals surface area contributed by atoms with Crippen LogP contribution < -0.4 is 0 Å². The van der Waals surface area contributed by atoms with Crippen LogP contribution in [0.5, 0.6) is 0 Å². The van der Waals surface area contributed by atoms with Crippen molar-refractivity contribution in [2.24, 2.45) is 5.92 Å². The molecule has 1 aliphatic heterocycles. The van der Waals surface area contributed by atoms with E-state index in [0.29, 0.717) is 17.9 Å². The Morgan fingerprint density at radius 3 is 2.28 bits per heavy atom. The minimum absolute atomic E-state index is 0.0903. The van der Waals surface area contributed by atoms with E-state index in [2.05, 4.69) is 29.2 Å². The van der Waals surface area contributed by atoms with Crippen molar-refractivity contribution in [1.82, 2.24) is 14.8 Å². The largest absolute Gasteiger partial charge is 0.349 e. The molecule has 29 heavy (non-hydrogen) atoms. The lowest BCUT2D eigenvalue weighted by molar-refractivity contribution is -0.128. The van der Waals surface area contributed by atoms with Crippen molar-refractivity contribution >= 4 is 11.8 Å². The number of carbonyl (C=O) groups excluding carboxylic acids is 2. The molecule has 0 atom stereocenters. The van der Waals surface area contributed by atoms with E-state index in [1.54, 1.807) is 25.2 Å². The second kappa shape index (κ2) is 9.68. The number of hydrogen-bond donors (Lipinski definition) is 0. The highest BCUT2D eigenvalue weighted by atomic mass is 16.2. The van der Waals surface area contributed by atoms with Gasteiger partial charge in [-0.15, -0.1) is 0 Å². The summed E-state index contributed by atoms with van der Waals surface area (Å²) in [6, 6.07) is 12.4. The minimum atomic E-state index is 0.0903. The van der Waals surface area contributed by atoms with Crippen LogP contribution in [0.3, 0.4) is 0 Å². The average molecular weight is 394 g/mol. The van der Waals surface area contributed by atoms with Crippen LogP contribution >= 0.6 is 0 Å². The Bertz CT molecular complexity index is 820. The maximum Gasteiger partial charge on any atom is 0.255 e. The van der Waals surface area contributed by atoms with E-state index in [4.69, 9.17) is 0 Å². The van der Waals surface area contributed by atoms with Gasteiger partial charge in [0.2, 0.25) is 5.91 Å². The maximum atomic E-state index is 12.6. The fourth-order valence-electron chi connectivity index (χ4n) is 3.77. The standard InChI is InChI=1S/C24H31N3O2/c1-18-4-10-22(17-25-18)24(29)27-14-12-21(13-15-27)16-20-7-5-19(6-8-20)9-11-23(28)26(2)3/h4-8,10,17,21H,9,11-16H2,1-3H3. The monoisotopic (exact) mass is 393 g/mol. The highest BCUT2D eigenvalue weighted by molar-refractivity contribution is 5.94. The fraction of sp³-hybridized carbons (Fsp3) is 0.458. The number of carbonyl (C=O) groups is 2. The molecule has 1 aromatic carbocycles. The van der Waals surface area contributed by atoms with Crippen LogP contribution in [0.15, 0.2) is 42.6 Å². The molecule has 5 nitrogen and oxygen atoms in total. The van der Waals surface area contributed by atoms with Crippen LogP contribution in [0.25, 0.3) is 0 Å². The molecule has 1 fully saturated rings. The van der Waals surface area contributed by atoms with Crippen molar-refractivity contribution < 1.29 is 9.59 Å². The smallest absolute Gasteiger partial charge is 0.255 e. The summed E-state index contributed by atoms with van der Waals surface area (Å²) < 4.78 is 0. The van der Waals surface area contributed by atoms with Crippen molar-refractivity contribution in [1.29, 1.82) is 0 Å². The molecule has 3 rings (SSSR count). The summed E-state index contributed by atoms with van der Waals surface area (Å²) in [4.78, 5) is 32.2. The molecule has 2 amide bonds. The van der Waals surface area contributed by atoms with Crippen LogP contribution in [0.2, 0.25) is 0 Å². The van der Waals surface area contributed by atoms with E-state index in [1.165, 1.54) is 11.1 Å². The second-order valence-corrected chi connectivity index (χ2v) is 8.23. The number of hydrogen-bond acceptors (Lipinski definition) is 3. The zero-order valence-corrected chi connectivity index (χ0v) is 17.7. The van der Waals surface area contributed by atoms with Crippen molar-refractivity contribution in [2.45, 2.75) is 39.0 Å². The predicted molar refractivity (Wildman–Crippen MR) is 115 cm³/mol. The Hall–Kier alpha value is -2.69. The number of pyridine rings is 1.